The van der Waals surface area contributed by atoms with E-state index in [9.17, 15) is 0 Å². The van der Waals surface area contributed by atoms with Gasteiger partial charge in [-0.1, -0.05) is 27.2 Å². The molecule has 176 valence electrons. The summed E-state index contributed by atoms with van der Waals surface area (Å²) in [6.07, 6.45) is 8.84. The van der Waals surface area contributed by atoms with Crippen LogP contribution in [0.5, 0.6) is 6.01 Å². The molecule has 3 heterocycles. The Morgan fingerprint density at radius 2 is 1.91 bits per heavy atom. The number of hydrogen-bond acceptors (Lipinski definition) is 8. The van der Waals surface area contributed by atoms with Gasteiger partial charge in [0.05, 0.1) is 11.9 Å². The summed E-state index contributed by atoms with van der Waals surface area (Å²) in [5, 5.41) is 5.44. The van der Waals surface area contributed by atoms with Crippen molar-refractivity contribution in [3.63, 3.8) is 0 Å². The number of hydrazone groups is 1. The maximum absolute atomic E-state index is 6.01. The fraction of sp³-hybridized carbons (Fsp3) is 0.625. The highest BCUT2D eigenvalue weighted by atomic mass is 32.1. The molecule has 0 radical (unpaired) electrons. The first-order valence-electron chi connectivity index (χ1n) is 12.1. The van der Waals surface area contributed by atoms with Gasteiger partial charge < -0.3 is 9.64 Å². The molecule has 8 heteroatoms. The molecule has 1 fully saturated rings. The van der Waals surface area contributed by atoms with Crippen LogP contribution in [0.4, 0.5) is 10.8 Å². The highest BCUT2D eigenvalue weighted by Gasteiger charge is 2.13. The number of rotatable bonds is 13. The normalized spacial score (nSPS) is 14.7. The van der Waals surface area contributed by atoms with Crippen molar-refractivity contribution in [1.29, 1.82) is 0 Å². The lowest BCUT2D eigenvalue weighted by Crippen LogP contribution is -2.33. The fourth-order valence-corrected chi connectivity index (χ4v) is 4.64. The number of hydrogen-bond donors (Lipinski definition) is 1. The first-order valence-corrected chi connectivity index (χ1v) is 12.9. The number of nitrogens with one attached hydrogen (secondary N) is 1. The molecule has 0 aromatic carbocycles. The Bertz CT molecular complexity index is 828. The zero-order valence-electron chi connectivity index (χ0n) is 19.8. The molecule has 1 aliphatic rings. The molecule has 2 aromatic heterocycles. The molecule has 7 nitrogen and oxygen atoms in total. The molecule has 3 rings (SSSR count). The quantitative estimate of drug-likeness (QED) is 0.335. The SMILES string of the molecule is CCCN(CCC)c1cc(/C=N/Nc2ccc(CC)s2)nc(OCCN2CCCCC2)n1. The minimum Gasteiger partial charge on any atom is -0.462 e. The number of piperidine rings is 1. The highest BCUT2D eigenvalue weighted by Crippen LogP contribution is 2.22. The Morgan fingerprint density at radius 3 is 2.59 bits per heavy atom. The van der Waals surface area contributed by atoms with Gasteiger partial charge in [0.15, 0.2) is 0 Å². The van der Waals surface area contributed by atoms with Crippen LogP contribution in [-0.2, 0) is 6.42 Å². The molecule has 0 saturated carbocycles. The van der Waals surface area contributed by atoms with E-state index >= 15 is 0 Å². The lowest BCUT2D eigenvalue weighted by molar-refractivity contribution is 0.177. The fourth-order valence-electron chi connectivity index (χ4n) is 3.84. The Balaban J connectivity index is 1.70. The monoisotopic (exact) mass is 458 g/mol. The third-order valence-electron chi connectivity index (χ3n) is 5.49. The molecule has 0 unspecified atom stereocenters. The minimum atomic E-state index is 0.433. The van der Waals surface area contributed by atoms with E-state index in [0.29, 0.717) is 12.6 Å². The van der Waals surface area contributed by atoms with Crippen molar-refractivity contribution in [2.24, 2.45) is 5.10 Å². The second-order valence-corrected chi connectivity index (χ2v) is 9.33. The lowest BCUT2D eigenvalue weighted by atomic mass is 10.1. The van der Waals surface area contributed by atoms with E-state index in [1.807, 2.05) is 6.07 Å². The van der Waals surface area contributed by atoms with E-state index in [0.717, 1.165) is 68.5 Å². The minimum absolute atomic E-state index is 0.433. The smallest absolute Gasteiger partial charge is 0.319 e. The standard InChI is InChI=1S/C24H38N6OS/c1-4-12-30(13-5-2)22-18-20(19-25-28-23-11-10-21(6-3)32-23)26-24(27-22)31-17-16-29-14-8-7-9-15-29/h10-11,18-19,28H,4-9,12-17H2,1-3H3/b25-19+. The van der Waals surface area contributed by atoms with Gasteiger partial charge in [-0.15, -0.1) is 11.3 Å². The molecule has 0 aliphatic carbocycles. The van der Waals surface area contributed by atoms with Crippen molar-refractivity contribution in [3.05, 3.63) is 28.8 Å². The van der Waals surface area contributed by atoms with Gasteiger partial charge in [-0.2, -0.15) is 15.1 Å². The van der Waals surface area contributed by atoms with Gasteiger partial charge in [-0.25, -0.2) is 0 Å². The average Bonchev–Trinajstić information content (AvgIpc) is 3.28. The Morgan fingerprint density at radius 1 is 1.12 bits per heavy atom. The van der Waals surface area contributed by atoms with Crippen molar-refractivity contribution in [1.82, 2.24) is 14.9 Å². The molecule has 0 amide bonds. The van der Waals surface area contributed by atoms with Crippen LogP contribution in [-0.4, -0.2) is 60.4 Å². The van der Waals surface area contributed by atoms with E-state index in [4.69, 9.17) is 9.72 Å². The van der Waals surface area contributed by atoms with Gasteiger partial charge in [-0.05, 0) is 57.3 Å². The number of aromatic nitrogens is 2. The summed E-state index contributed by atoms with van der Waals surface area (Å²) in [4.78, 5) is 15.4. The molecule has 1 N–H and O–H groups in total. The molecule has 2 aromatic rings. The van der Waals surface area contributed by atoms with Gasteiger partial charge in [0, 0.05) is 30.6 Å². The zero-order valence-corrected chi connectivity index (χ0v) is 20.7. The summed E-state index contributed by atoms with van der Waals surface area (Å²) in [7, 11) is 0. The number of thiophene rings is 1. The maximum Gasteiger partial charge on any atom is 0.319 e. The van der Waals surface area contributed by atoms with E-state index in [2.05, 4.69) is 58.2 Å². The molecule has 0 spiro atoms. The third kappa shape index (κ3) is 7.74. The first-order chi connectivity index (χ1) is 15.7. The summed E-state index contributed by atoms with van der Waals surface area (Å²) < 4.78 is 6.01. The number of ether oxygens (including phenoxy) is 1. The second kappa shape index (κ2) is 13.4. The maximum atomic E-state index is 6.01. The number of nitrogens with zero attached hydrogens (tertiary/aromatic N) is 5. The van der Waals surface area contributed by atoms with Gasteiger partial charge in [0.25, 0.3) is 0 Å². The van der Waals surface area contributed by atoms with Crippen molar-refractivity contribution >= 4 is 28.4 Å². The molecule has 0 atom stereocenters. The summed E-state index contributed by atoms with van der Waals surface area (Å²) in [5.41, 5.74) is 3.87. The van der Waals surface area contributed by atoms with Crippen molar-refractivity contribution < 1.29 is 4.74 Å². The predicted octanol–water partition coefficient (Wildman–Crippen LogP) is 5.04. The lowest BCUT2D eigenvalue weighted by Gasteiger charge is -2.26. The van der Waals surface area contributed by atoms with Gasteiger partial charge in [0.2, 0.25) is 0 Å². The first kappa shape index (κ1) is 24.5. The Labute approximate surface area is 196 Å². The summed E-state index contributed by atoms with van der Waals surface area (Å²) in [5.74, 6) is 0.905. The van der Waals surface area contributed by atoms with Crippen LogP contribution in [0.3, 0.4) is 0 Å². The van der Waals surface area contributed by atoms with Crippen LogP contribution in [0.2, 0.25) is 0 Å². The van der Waals surface area contributed by atoms with E-state index in [1.54, 1.807) is 17.6 Å². The van der Waals surface area contributed by atoms with Crippen molar-refractivity contribution in [2.45, 2.75) is 59.3 Å². The van der Waals surface area contributed by atoms with E-state index in [-0.39, 0.29) is 0 Å². The topological polar surface area (TPSA) is 65.9 Å². The van der Waals surface area contributed by atoms with Crippen molar-refractivity contribution in [2.75, 3.05) is 49.7 Å². The second-order valence-electron chi connectivity index (χ2n) is 8.16. The molecular weight excluding hydrogens is 420 g/mol. The van der Waals surface area contributed by atoms with Gasteiger partial charge in [0.1, 0.15) is 17.4 Å². The number of aryl methyl sites for hydroxylation is 1. The van der Waals surface area contributed by atoms with Crippen LogP contribution in [0.15, 0.2) is 23.3 Å². The van der Waals surface area contributed by atoms with Crippen LogP contribution >= 0.6 is 11.3 Å². The largest absolute Gasteiger partial charge is 0.462 e. The molecule has 0 bridgehead atoms. The predicted molar refractivity (Wildman–Crippen MR) is 136 cm³/mol. The van der Waals surface area contributed by atoms with Crippen LogP contribution in [0, 0.1) is 0 Å². The summed E-state index contributed by atoms with van der Waals surface area (Å²) in [6, 6.07) is 6.63. The number of likely N-dealkylation sites (tertiary alicyclic amines) is 1. The van der Waals surface area contributed by atoms with Gasteiger partial charge >= 0.3 is 6.01 Å². The zero-order chi connectivity index (χ0) is 22.6. The van der Waals surface area contributed by atoms with Crippen LogP contribution in [0.25, 0.3) is 0 Å². The summed E-state index contributed by atoms with van der Waals surface area (Å²) >= 11 is 1.72. The molecular formula is C24H38N6OS. The highest BCUT2D eigenvalue weighted by molar-refractivity contribution is 7.16. The average molecular weight is 459 g/mol. The number of anilines is 2. The van der Waals surface area contributed by atoms with Crippen LogP contribution < -0.4 is 15.1 Å². The summed E-state index contributed by atoms with van der Waals surface area (Å²) in [6.45, 7) is 12.3. The van der Waals surface area contributed by atoms with Crippen LogP contribution in [0.1, 0.15) is 63.4 Å². The van der Waals surface area contributed by atoms with E-state index in [1.165, 1.54) is 24.1 Å². The Hall–Kier alpha value is -2.19. The molecule has 1 saturated heterocycles. The van der Waals surface area contributed by atoms with Crippen molar-refractivity contribution in [3.8, 4) is 6.01 Å². The third-order valence-corrected chi connectivity index (χ3v) is 6.63. The molecule has 32 heavy (non-hydrogen) atoms. The molecule has 1 aliphatic heterocycles. The Kier molecular flexibility index (Phi) is 10.2. The van der Waals surface area contributed by atoms with Gasteiger partial charge in [-0.3, -0.25) is 10.3 Å². The van der Waals surface area contributed by atoms with E-state index < -0.39 is 0 Å².